The summed E-state index contributed by atoms with van der Waals surface area (Å²) < 4.78 is 10.9. The lowest BCUT2D eigenvalue weighted by Crippen LogP contribution is -2.48. The summed E-state index contributed by atoms with van der Waals surface area (Å²) in [6.45, 7) is 3.37. The second kappa shape index (κ2) is 11.2. The predicted molar refractivity (Wildman–Crippen MR) is 148 cm³/mol. The van der Waals surface area contributed by atoms with Crippen molar-refractivity contribution in [3.05, 3.63) is 96.3 Å². The minimum Gasteiger partial charge on any atom is -0.497 e. The van der Waals surface area contributed by atoms with Gasteiger partial charge in [0, 0.05) is 32.2 Å². The Kier molecular flexibility index (Phi) is 7.37. The van der Waals surface area contributed by atoms with Crippen LogP contribution in [0.25, 0.3) is 0 Å². The van der Waals surface area contributed by atoms with Gasteiger partial charge in [0.15, 0.2) is 11.6 Å². The Morgan fingerprint density at radius 1 is 0.811 bits per heavy atom. The molecule has 0 bridgehead atoms. The third kappa shape index (κ3) is 5.29. The van der Waals surface area contributed by atoms with E-state index in [1.807, 2.05) is 18.2 Å². The molecule has 190 valence electrons. The predicted octanol–water partition coefficient (Wildman–Crippen LogP) is 4.73. The van der Waals surface area contributed by atoms with Gasteiger partial charge in [-0.2, -0.15) is 0 Å². The Balaban J connectivity index is 1.35. The molecule has 8 heteroatoms. The third-order valence-corrected chi connectivity index (χ3v) is 6.73. The first-order valence-electron chi connectivity index (χ1n) is 12.4. The van der Waals surface area contributed by atoms with E-state index in [2.05, 4.69) is 85.7 Å². The molecule has 1 aromatic heterocycles. The van der Waals surface area contributed by atoms with Gasteiger partial charge in [0.25, 0.3) is 0 Å². The Morgan fingerprint density at radius 2 is 1.46 bits per heavy atom. The van der Waals surface area contributed by atoms with Crippen molar-refractivity contribution in [3.63, 3.8) is 0 Å². The highest BCUT2D eigenvalue weighted by Crippen LogP contribution is 2.36. The van der Waals surface area contributed by atoms with Crippen molar-refractivity contribution in [2.24, 2.45) is 0 Å². The summed E-state index contributed by atoms with van der Waals surface area (Å²) in [5.74, 6) is 2.64. The number of methoxy groups -OCH3 is 2. The van der Waals surface area contributed by atoms with E-state index in [0.29, 0.717) is 23.0 Å². The molecule has 8 nitrogen and oxygen atoms in total. The number of nitrogens with zero attached hydrogens (tertiary/aromatic N) is 4. The average molecular weight is 497 g/mol. The highest BCUT2D eigenvalue weighted by molar-refractivity contribution is 5.80. The van der Waals surface area contributed by atoms with Crippen molar-refractivity contribution in [2.75, 3.05) is 56.3 Å². The highest BCUT2D eigenvalue weighted by atomic mass is 16.5. The van der Waals surface area contributed by atoms with E-state index in [0.717, 1.165) is 37.7 Å². The fourth-order valence-electron chi connectivity index (χ4n) is 4.85. The van der Waals surface area contributed by atoms with Gasteiger partial charge in [-0.15, -0.1) is 0 Å². The Bertz CT molecular complexity index is 1270. The van der Waals surface area contributed by atoms with Crippen LogP contribution in [-0.4, -0.2) is 55.3 Å². The van der Waals surface area contributed by atoms with E-state index in [1.165, 1.54) is 11.1 Å². The molecular weight excluding hydrogens is 464 g/mol. The molecule has 0 unspecified atom stereocenters. The normalized spacial score (nSPS) is 14.0. The van der Waals surface area contributed by atoms with Gasteiger partial charge in [0.1, 0.15) is 23.5 Å². The molecule has 1 aliphatic heterocycles. The van der Waals surface area contributed by atoms with Crippen LogP contribution < -0.4 is 25.4 Å². The summed E-state index contributed by atoms with van der Waals surface area (Å²) in [5, 5.41) is 3.30. The molecule has 1 aliphatic rings. The van der Waals surface area contributed by atoms with Crippen molar-refractivity contribution in [1.82, 2.24) is 14.9 Å². The molecule has 0 atom stereocenters. The average Bonchev–Trinajstić information content (AvgIpc) is 2.96. The quantitative estimate of drug-likeness (QED) is 0.362. The van der Waals surface area contributed by atoms with E-state index in [4.69, 9.17) is 15.2 Å². The highest BCUT2D eigenvalue weighted by Gasteiger charge is 2.28. The number of hydrogen-bond donors (Lipinski definition) is 2. The van der Waals surface area contributed by atoms with Crippen LogP contribution >= 0.6 is 0 Å². The number of ether oxygens (including phenoxy) is 2. The lowest BCUT2D eigenvalue weighted by atomic mass is 9.96. The van der Waals surface area contributed by atoms with Crippen LogP contribution in [-0.2, 0) is 0 Å². The van der Waals surface area contributed by atoms with Crippen LogP contribution in [0.5, 0.6) is 11.5 Å². The standard InChI is InChI=1S/C29H32N6O2/c1-36-23-13-14-25(37-2)24(19-23)33-28-26(30)29(32-20-31-28)35-17-15-34(16-18-35)27(21-9-5-3-6-10-21)22-11-7-4-8-12-22/h3-14,19-20,27H,15-18,30H2,1-2H3,(H,31,32,33). The minimum atomic E-state index is 0.199. The number of piperazine rings is 1. The topological polar surface area (TPSA) is 88.8 Å². The van der Waals surface area contributed by atoms with Gasteiger partial charge in [-0.1, -0.05) is 60.7 Å². The van der Waals surface area contributed by atoms with Crippen LogP contribution in [0.2, 0.25) is 0 Å². The summed E-state index contributed by atoms with van der Waals surface area (Å²) in [4.78, 5) is 13.7. The number of aromatic nitrogens is 2. The number of anilines is 4. The van der Waals surface area contributed by atoms with Gasteiger partial charge >= 0.3 is 0 Å². The lowest BCUT2D eigenvalue weighted by Gasteiger charge is -2.40. The number of rotatable bonds is 8. The Hall–Kier alpha value is -4.30. The summed E-state index contributed by atoms with van der Waals surface area (Å²) in [5.41, 5.74) is 10.4. The van der Waals surface area contributed by atoms with E-state index in [-0.39, 0.29) is 6.04 Å². The summed E-state index contributed by atoms with van der Waals surface area (Å²) >= 11 is 0. The van der Waals surface area contributed by atoms with Gasteiger partial charge < -0.3 is 25.4 Å². The van der Waals surface area contributed by atoms with E-state index < -0.39 is 0 Å². The maximum atomic E-state index is 6.59. The number of hydrogen-bond acceptors (Lipinski definition) is 8. The van der Waals surface area contributed by atoms with Gasteiger partial charge in [0.2, 0.25) is 0 Å². The molecule has 4 aromatic rings. The van der Waals surface area contributed by atoms with Gasteiger partial charge in [0.05, 0.1) is 25.9 Å². The van der Waals surface area contributed by atoms with Crippen LogP contribution in [0.3, 0.4) is 0 Å². The Labute approximate surface area is 217 Å². The van der Waals surface area contributed by atoms with Crippen molar-refractivity contribution in [3.8, 4) is 11.5 Å². The molecule has 1 saturated heterocycles. The summed E-state index contributed by atoms with van der Waals surface area (Å²) in [6.07, 6.45) is 1.55. The molecule has 1 fully saturated rings. The molecule has 3 N–H and O–H groups in total. The molecular formula is C29H32N6O2. The van der Waals surface area contributed by atoms with Gasteiger partial charge in [-0.05, 0) is 23.3 Å². The second-order valence-corrected chi connectivity index (χ2v) is 8.90. The monoisotopic (exact) mass is 496 g/mol. The van der Waals surface area contributed by atoms with Crippen molar-refractivity contribution in [1.29, 1.82) is 0 Å². The molecule has 3 aromatic carbocycles. The largest absolute Gasteiger partial charge is 0.497 e. The van der Waals surface area contributed by atoms with E-state index >= 15 is 0 Å². The molecule has 0 spiro atoms. The van der Waals surface area contributed by atoms with Crippen molar-refractivity contribution >= 4 is 23.0 Å². The van der Waals surface area contributed by atoms with Gasteiger partial charge in [-0.3, -0.25) is 4.90 Å². The third-order valence-electron chi connectivity index (χ3n) is 6.73. The van der Waals surface area contributed by atoms with Gasteiger partial charge in [-0.25, -0.2) is 9.97 Å². The van der Waals surface area contributed by atoms with E-state index in [9.17, 15) is 0 Å². The molecule has 37 heavy (non-hydrogen) atoms. The second-order valence-electron chi connectivity index (χ2n) is 8.90. The number of benzene rings is 3. The van der Waals surface area contributed by atoms with Crippen molar-refractivity contribution in [2.45, 2.75) is 6.04 Å². The van der Waals surface area contributed by atoms with Crippen molar-refractivity contribution < 1.29 is 9.47 Å². The number of nitrogen functional groups attached to an aromatic ring is 1. The molecule has 0 amide bonds. The SMILES string of the molecule is COc1ccc(OC)c(Nc2ncnc(N3CCN(C(c4ccccc4)c4ccccc4)CC3)c2N)c1. The zero-order chi connectivity index (χ0) is 25.6. The van der Waals surface area contributed by atoms with Crippen LogP contribution in [0.15, 0.2) is 85.2 Å². The molecule has 0 radical (unpaired) electrons. The zero-order valence-electron chi connectivity index (χ0n) is 21.2. The maximum absolute atomic E-state index is 6.59. The smallest absolute Gasteiger partial charge is 0.159 e. The van der Waals surface area contributed by atoms with Crippen LogP contribution in [0.1, 0.15) is 17.2 Å². The first kappa shape index (κ1) is 24.4. The first-order chi connectivity index (χ1) is 18.2. The number of nitrogens with two attached hydrogens (primary N) is 1. The fourth-order valence-corrected chi connectivity index (χ4v) is 4.85. The van der Waals surface area contributed by atoms with Crippen LogP contribution in [0, 0.1) is 0 Å². The maximum Gasteiger partial charge on any atom is 0.159 e. The molecule has 2 heterocycles. The summed E-state index contributed by atoms with van der Waals surface area (Å²) in [7, 11) is 3.25. The molecule has 5 rings (SSSR count). The minimum absolute atomic E-state index is 0.199. The molecule has 0 saturated carbocycles. The van der Waals surface area contributed by atoms with Crippen LogP contribution in [0.4, 0.5) is 23.0 Å². The number of nitrogens with one attached hydrogen (secondary N) is 1. The zero-order valence-corrected chi connectivity index (χ0v) is 21.2. The Morgan fingerprint density at radius 3 is 2.05 bits per heavy atom. The fraction of sp³-hybridized carbons (Fsp3) is 0.241. The lowest BCUT2D eigenvalue weighted by molar-refractivity contribution is 0.212. The molecule has 0 aliphatic carbocycles. The summed E-state index contributed by atoms with van der Waals surface area (Å²) in [6, 6.07) is 27.1. The first-order valence-corrected chi connectivity index (χ1v) is 12.4. The van der Waals surface area contributed by atoms with E-state index in [1.54, 1.807) is 20.5 Å².